The fraction of sp³-hybridized carbons (Fsp3) is 0.111. The molecule has 0 aliphatic carbocycles. The van der Waals surface area contributed by atoms with Crippen molar-refractivity contribution in [1.29, 1.82) is 0 Å². The number of rotatable bonds is 6. The van der Waals surface area contributed by atoms with E-state index in [1.54, 1.807) is 0 Å². The van der Waals surface area contributed by atoms with Crippen LogP contribution in [0.25, 0.3) is 21.8 Å². The lowest BCUT2D eigenvalue weighted by molar-refractivity contribution is -0.0534. The van der Waals surface area contributed by atoms with Crippen molar-refractivity contribution in [2.75, 3.05) is 0 Å². The number of aromatic nitrogens is 6. The van der Waals surface area contributed by atoms with Crippen LogP contribution in [0.2, 0.25) is 0 Å². The molecule has 0 unspecified atom stereocenters. The first-order chi connectivity index (χ1) is 14.1. The summed E-state index contributed by atoms with van der Waals surface area (Å²) in [5.74, 6) is -0.310. The molecule has 0 atom stereocenters. The van der Waals surface area contributed by atoms with Gasteiger partial charge in [0.05, 0.1) is 18.4 Å². The molecule has 8 nitrogen and oxygen atoms in total. The number of ether oxygens (including phenoxy) is 1. The summed E-state index contributed by atoms with van der Waals surface area (Å²) < 4.78 is 29.7. The first kappa shape index (κ1) is 18.7. The number of hydrogen-bond donors (Lipinski definition) is 0. The molecule has 4 aromatic rings. The first-order valence-electron chi connectivity index (χ1n) is 8.32. The zero-order valence-electron chi connectivity index (χ0n) is 14.6. The van der Waals surface area contributed by atoms with Crippen molar-refractivity contribution in [3.8, 4) is 27.7 Å². The lowest BCUT2D eigenvalue weighted by Gasteiger charge is -2.05. The Morgan fingerprint density at radius 3 is 2.52 bits per heavy atom. The molecule has 29 heavy (non-hydrogen) atoms. The van der Waals surface area contributed by atoms with E-state index in [0.717, 1.165) is 10.6 Å². The van der Waals surface area contributed by atoms with E-state index in [-0.39, 0.29) is 18.0 Å². The Morgan fingerprint density at radius 1 is 1.00 bits per heavy atom. The third-order valence-corrected chi connectivity index (χ3v) is 4.74. The summed E-state index contributed by atoms with van der Waals surface area (Å²) in [6, 6.07) is 13.6. The summed E-state index contributed by atoms with van der Waals surface area (Å²) in [5.41, 5.74) is 1.30. The maximum absolute atomic E-state index is 12.4. The van der Waals surface area contributed by atoms with Crippen molar-refractivity contribution < 1.29 is 13.5 Å². The molecular formula is C18H12F2N6O2S. The molecule has 11 heteroatoms. The van der Waals surface area contributed by atoms with E-state index in [1.807, 2.05) is 30.3 Å². The van der Waals surface area contributed by atoms with E-state index in [0.29, 0.717) is 16.3 Å². The molecule has 0 bridgehead atoms. The Hall–Kier alpha value is -3.60. The van der Waals surface area contributed by atoms with Crippen LogP contribution in [0, 0.1) is 0 Å². The Kier molecular flexibility index (Phi) is 5.29. The molecule has 0 N–H and O–H groups in total. The molecule has 0 fully saturated rings. The van der Waals surface area contributed by atoms with Gasteiger partial charge in [0.15, 0.2) is 0 Å². The van der Waals surface area contributed by atoms with Gasteiger partial charge in [0.2, 0.25) is 5.88 Å². The summed E-state index contributed by atoms with van der Waals surface area (Å²) in [7, 11) is 0. The molecule has 0 aliphatic heterocycles. The SMILES string of the molecule is O=c1cc(-c2ccc(OC(F)F)nn2)cnn1Cc1nnc(-c2ccccc2)s1. The van der Waals surface area contributed by atoms with E-state index in [1.165, 1.54) is 40.4 Å². The average molecular weight is 414 g/mol. The highest BCUT2D eigenvalue weighted by Crippen LogP contribution is 2.23. The van der Waals surface area contributed by atoms with Crippen LogP contribution in [0.15, 0.2) is 59.5 Å². The minimum absolute atomic E-state index is 0.177. The maximum Gasteiger partial charge on any atom is 0.388 e. The summed E-state index contributed by atoms with van der Waals surface area (Å²) in [6.07, 6.45) is 1.44. The molecule has 4 rings (SSSR count). The van der Waals surface area contributed by atoms with Gasteiger partial charge in [-0.1, -0.05) is 41.7 Å². The predicted molar refractivity (Wildman–Crippen MR) is 101 cm³/mol. The zero-order chi connectivity index (χ0) is 20.2. The van der Waals surface area contributed by atoms with Crippen LogP contribution in [0.4, 0.5) is 8.78 Å². The van der Waals surface area contributed by atoms with Gasteiger partial charge in [-0.05, 0) is 6.07 Å². The first-order valence-corrected chi connectivity index (χ1v) is 9.14. The van der Waals surface area contributed by atoms with E-state index in [9.17, 15) is 13.6 Å². The number of hydrogen-bond acceptors (Lipinski definition) is 8. The Bertz CT molecular complexity index is 1160. The van der Waals surface area contributed by atoms with Gasteiger partial charge in [0.1, 0.15) is 10.0 Å². The quantitative estimate of drug-likeness (QED) is 0.479. The molecule has 0 aliphatic rings. The van der Waals surface area contributed by atoms with Crippen LogP contribution < -0.4 is 10.3 Å². The van der Waals surface area contributed by atoms with Gasteiger partial charge in [0, 0.05) is 23.3 Å². The monoisotopic (exact) mass is 414 g/mol. The van der Waals surface area contributed by atoms with Crippen LogP contribution >= 0.6 is 11.3 Å². The third-order valence-electron chi connectivity index (χ3n) is 3.79. The second kappa shape index (κ2) is 8.19. The molecule has 3 aromatic heterocycles. The average Bonchev–Trinajstić information content (AvgIpc) is 3.19. The number of alkyl halides is 2. The van der Waals surface area contributed by atoms with Crippen molar-refractivity contribution in [3.05, 3.63) is 70.1 Å². The second-order valence-corrected chi connectivity index (χ2v) is 6.80. The minimum atomic E-state index is -2.98. The molecule has 0 saturated heterocycles. The number of nitrogens with zero attached hydrogens (tertiary/aromatic N) is 6. The van der Waals surface area contributed by atoms with Gasteiger partial charge in [-0.25, -0.2) is 4.68 Å². The van der Waals surface area contributed by atoms with Crippen molar-refractivity contribution >= 4 is 11.3 Å². The zero-order valence-corrected chi connectivity index (χ0v) is 15.5. The maximum atomic E-state index is 12.4. The van der Waals surface area contributed by atoms with Crippen molar-refractivity contribution in [2.24, 2.45) is 0 Å². The molecular weight excluding hydrogens is 402 g/mol. The van der Waals surface area contributed by atoms with Crippen molar-refractivity contribution in [2.45, 2.75) is 13.2 Å². The van der Waals surface area contributed by atoms with Gasteiger partial charge in [-0.15, -0.1) is 20.4 Å². The van der Waals surface area contributed by atoms with Crippen LogP contribution in [-0.4, -0.2) is 36.8 Å². The molecule has 146 valence electrons. The lowest BCUT2D eigenvalue weighted by atomic mass is 10.2. The summed E-state index contributed by atoms with van der Waals surface area (Å²) in [6.45, 7) is -2.81. The summed E-state index contributed by atoms with van der Waals surface area (Å²) in [5, 5.41) is 21.1. The highest BCUT2D eigenvalue weighted by Gasteiger charge is 2.11. The number of benzene rings is 1. The van der Waals surface area contributed by atoms with Crippen LogP contribution in [0.3, 0.4) is 0 Å². The Morgan fingerprint density at radius 2 is 1.83 bits per heavy atom. The van der Waals surface area contributed by atoms with Gasteiger partial charge >= 0.3 is 6.61 Å². The van der Waals surface area contributed by atoms with Gasteiger partial charge in [0.25, 0.3) is 5.56 Å². The fourth-order valence-electron chi connectivity index (χ4n) is 2.46. The molecule has 0 amide bonds. The predicted octanol–water partition coefficient (Wildman–Crippen LogP) is 2.87. The molecule has 3 heterocycles. The van der Waals surface area contributed by atoms with Crippen molar-refractivity contribution in [1.82, 2.24) is 30.2 Å². The van der Waals surface area contributed by atoms with E-state index in [2.05, 4.69) is 30.2 Å². The smallest absolute Gasteiger partial charge is 0.388 e. The Labute approximate surface area is 166 Å². The molecule has 0 radical (unpaired) electrons. The second-order valence-electron chi connectivity index (χ2n) is 5.74. The largest absolute Gasteiger partial charge is 0.415 e. The Balaban J connectivity index is 1.51. The standard InChI is InChI=1S/C18H12F2N6O2S/c19-18(20)28-14-7-6-13(22-23-14)12-8-16(27)26(21-9-12)10-15-24-25-17(29-15)11-4-2-1-3-5-11/h1-9,18H,10H2. The van der Waals surface area contributed by atoms with Gasteiger partial charge < -0.3 is 4.74 Å². The normalized spacial score (nSPS) is 11.0. The van der Waals surface area contributed by atoms with Crippen LogP contribution in [0.1, 0.15) is 5.01 Å². The van der Waals surface area contributed by atoms with Crippen molar-refractivity contribution in [3.63, 3.8) is 0 Å². The molecule has 0 saturated carbocycles. The summed E-state index contributed by atoms with van der Waals surface area (Å²) in [4.78, 5) is 12.4. The molecule has 1 aromatic carbocycles. The lowest BCUT2D eigenvalue weighted by Crippen LogP contribution is -2.22. The van der Waals surface area contributed by atoms with Gasteiger partial charge in [-0.3, -0.25) is 4.79 Å². The summed E-state index contributed by atoms with van der Waals surface area (Å²) >= 11 is 1.38. The van der Waals surface area contributed by atoms with Crippen LogP contribution in [-0.2, 0) is 6.54 Å². The van der Waals surface area contributed by atoms with Crippen LogP contribution in [0.5, 0.6) is 5.88 Å². The number of halogens is 2. The van der Waals surface area contributed by atoms with E-state index < -0.39 is 6.61 Å². The van der Waals surface area contributed by atoms with E-state index in [4.69, 9.17) is 0 Å². The third kappa shape index (κ3) is 4.46. The highest BCUT2D eigenvalue weighted by atomic mass is 32.1. The topological polar surface area (TPSA) is 95.7 Å². The van der Waals surface area contributed by atoms with E-state index >= 15 is 0 Å². The molecule has 0 spiro atoms. The van der Waals surface area contributed by atoms with Gasteiger partial charge in [-0.2, -0.15) is 13.9 Å². The minimum Gasteiger partial charge on any atom is -0.415 e. The fourth-order valence-corrected chi connectivity index (χ4v) is 3.29. The highest BCUT2D eigenvalue weighted by molar-refractivity contribution is 7.14.